The molecule has 1 amide bonds. The van der Waals surface area contributed by atoms with Crippen LogP contribution in [0, 0.1) is 0 Å². The molecular formula is C17H17ClN4O2. The summed E-state index contributed by atoms with van der Waals surface area (Å²) in [7, 11) is 3.38. The molecule has 0 radical (unpaired) electrons. The molecule has 0 saturated heterocycles. The number of fused-ring (bicyclic) bond motifs is 1. The van der Waals surface area contributed by atoms with Crippen LogP contribution in [0.3, 0.4) is 0 Å². The molecule has 2 aromatic carbocycles. The summed E-state index contributed by atoms with van der Waals surface area (Å²) >= 11 is 6.19. The summed E-state index contributed by atoms with van der Waals surface area (Å²) in [6, 6.07) is 12.7. The zero-order chi connectivity index (χ0) is 17.1. The molecule has 1 aromatic heterocycles. The van der Waals surface area contributed by atoms with Crippen LogP contribution in [-0.4, -0.2) is 34.6 Å². The summed E-state index contributed by atoms with van der Waals surface area (Å²) in [5.41, 5.74) is 2.94. The predicted octanol–water partition coefficient (Wildman–Crippen LogP) is 2.74. The van der Waals surface area contributed by atoms with Crippen LogP contribution >= 0.6 is 11.6 Å². The lowest BCUT2D eigenvalue weighted by Crippen LogP contribution is -2.29. The van der Waals surface area contributed by atoms with Crippen molar-refractivity contribution in [2.45, 2.75) is 6.10 Å². The van der Waals surface area contributed by atoms with Gasteiger partial charge in [-0.3, -0.25) is 4.79 Å². The molecule has 0 bridgehead atoms. The van der Waals surface area contributed by atoms with Gasteiger partial charge in [-0.15, -0.1) is 5.10 Å². The molecule has 1 N–H and O–H groups in total. The highest BCUT2D eigenvalue weighted by Gasteiger charge is 2.16. The van der Waals surface area contributed by atoms with E-state index in [4.69, 9.17) is 16.3 Å². The number of ether oxygens (including phenoxy) is 1. The summed E-state index contributed by atoms with van der Waals surface area (Å²) in [4.78, 5) is 12.4. The van der Waals surface area contributed by atoms with Crippen molar-refractivity contribution < 1.29 is 9.53 Å². The van der Waals surface area contributed by atoms with Gasteiger partial charge in [-0.25, -0.2) is 4.68 Å². The van der Waals surface area contributed by atoms with E-state index in [2.05, 4.69) is 15.6 Å². The largest absolute Gasteiger partial charge is 0.375 e. The number of hydrogen-bond acceptors (Lipinski definition) is 4. The number of aromatic nitrogens is 3. The van der Waals surface area contributed by atoms with Crippen LogP contribution in [0.15, 0.2) is 42.5 Å². The molecule has 6 nitrogen and oxygen atoms in total. The lowest BCUT2D eigenvalue weighted by atomic mass is 10.1. The highest BCUT2D eigenvalue weighted by molar-refractivity contribution is 6.31. The molecule has 1 heterocycles. The Morgan fingerprint density at radius 3 is 2.88 bits per heavy atom. The Bertz CT molecular complexity index is 878. The standard InChI is InChI=1S/C17H17ClN4O2/c1-22-15-9-11(7-8-14(15)20-21-22)17(23)19-10-16(24-2)12-5-3-4-6-13(12)18/h3-9,16H,10H2,1-2H3,(H,19,23)/t16-/m1/s1. The first-order chi connectivity index (χ1) is 11.6. The molecule has 0 saturated carbocycles. The molecule has 1 atom stereocenters. The van der Waals surface area contributed by atoms with Crippen molar-refractivity contribution in [3.63, 3.8) is 0 Å². The summed E-state index contributed by atoms with van der Waals surface area (Å²) < 4.78 is 7.09. The second-order valence-electron chi connectivity index (χ2n) is 5.37. The van der Waals surface area contributed by atoms with Crippen LogP contribution < -0.4 is 5.32 Å². The van der Waals surface area contributed by atoms with Crippen molar-refractivity contribution >= 4 is 28.5 Å². The van der Waals surface area contributed by atoms with Gasteiger partial charge in [0.15, 0.2) is 0 Å². The molecule has 0 unspecified atom stereocenters. The van der Waals surface area contributed by atoms with Gasteiger partial charge in [-0.2, -0.15) is 0 Å². The molecule has 3 rings (SSSR count). The molecule has 124 valence electrons. The number of amides is 1. The molecule has 0 spiro atoms. The van der Waals surface area contributed by atoms with E-state index >= 15 is 0 Å². The third-order valence-corrected chi connectivity index (χ3v) is 4.20. The van der Waals surface area contributed by atoms with Gasteiger partial charge < -0.3 is 10.1 Å². The Kier molecular flexibility index (Phi) is 4.78. The van der Waals surface area contributed by atoms with Gasteiger partial charge in [-0.1, -0.05) is 35.0 Å². The molecule has 24 heavy (non-hydrogen) atoms. The van der Waals surface area contributed by atoms with E-state index in [1.54, 1.807) is 43.1 Å². The first-order valence-electron chi connectivity index (χ1n) is 7.45. The quantitative estimate of drug-likeness (QED) is 0.772. The number of hydrogen-bond donors (Lipinski definition) is 1. The molecule has 0 fully saturated rings. The van der Waals surface area contributed by atoms with E-state index in [-0.39, 0.29) is 12.0 Å². The Morgan fingerprint density at radius 2 is 2.12 bits per heavy atom. The Hall–Kier alpha value is -2.44. The SMILES string of the molecule is CO[C@H](CNC(=O)c1ccc2nnn(C)c2c1)c1ccccc1Cl. The molecule has 7 heteroatoms. The summed E-state index contributed by atoms with van der Waals surface area (Å²) in [6.45, 7) is 0.320. The maximum atomic E-state index is 12.4. The highest BCUT2D eigenvalue weighted by atomic mass is 35.5. The fraction of sp³-hybridized carbons (Fsp3) is 0.235. The second-order valence-corrected chi connectivity index (χ2v) is 5.78. The van der Waals surface area contributed by atoms with Crippen molar-refractivity contribution in [2.75, 3.05) is 13.7 Å². The number of nitrogens with zero attached hydrogens (tertiary/aromatic N) is 3. The Labute approximate surface area is 144 Å². The van der Waals surface area contributed by atoms with E-state index in [0.29, 0.717) is 17.1 Å². The molecule has 3 aromatic rings. The number of benzene rings is 2. The monoisotopic (exact) mass is 344 g/mol. The van der Waals surface area contributed by atoms with Gasteiger partial charge in [0.2, 0.25) is 0 Å². The van der Waals surface area contributed by atoms with E-state index < -0.39 is 0 Å². The van der Waals surface area contributed by atoms with E-state index in [9.17, 15) is 4.79 Å². The minimum Gasteiger partial charge on any atom is -0.375 e. The van der Waals surface area contributed by atoms with Gasteiger partial charge in [0.05, 0.1) is 5.52 Å². The number of carbonyl (C=O) groups is 1. The van der Waals surface area contributed by atoms with Crippen LogP contribution in [0.2, 0.25) is 5.02 Å². The van der Waals surface area contributed by atoms with E-state index in [0.717, 1.165) is 16.6 Å². The number of carbonyl (C=O) groups excluding carboxylic acids is 1. The number of rotatable bonds is 5. The van der Waals surface area contributed by atoms with Crippen LogP contribution in [0.5, 0.6) is 0 Å². The zero-order valence-corrected chi connectivity index (χ0v) is 14.1. The van der Waals surface area contributed by atoms with Gasteiger partial charge in [0.25, 0.3) is 5.91 Å². The van der Waals surface area contributed by atoms with Crippen LogP contribution in [0.1, 0.15) is 22.0 Å². The van der Waals surface area contributed by atoms with Crippen molar-refractivity contribution in [2.24, 2.45) is 7.05 Å². The van der Waals surface area contributed by atoms with Gasteiger partial charge in [-0.05, 0) is 24.3 Å². The summed E-state index contributed by atoms with van der Waals surface area (Å²) in [5, 5.41) is 11.4. The third kappa shape index (κ3) is 3.25. The van der Waals surface area contributed by atoms with Crippen LogP contribution in [-0.2, 0) is 11.8 Å². The Morgan fingerprint density at radius 1 is 1.33 bits per heavy atom. The smallest absolute Gasteiger partial charge is 0.251 e. The fourth-order valence-corrected chi connectivity index (χ4v) is 2.77. The first-order valence-corrected chi connectivity index (χ1v) is 7.83. The second kappa shape index (κ2) is 6.98. The van der Waals surface area contributed by atoms with Crippen molar-refractivity contribution in [3.8, 4) is 0 Å². The average molecular weight is 345 g/mol. The molecule has 0 aliphatic heterocycles. The minimum absolute atomic E-state index is 0.188. The van der Waals surface area contributed by atoms with Crippen molar-refractivity contribution in [3.05, 3.63) is 58.6 Å². The molecule has 0 aliphatic rings. The van der Waals surface area contributed by atoms with E-state index in [1.807, 2.05) is 18.2 Å². The third-order valence-electron chi connectivity index (χ3n) is 3.86. The lowest BCUT2D eigenvalue weighted by Gasteiger charge is -2.17. The topological polar surface area (TPSA) is 69.0 Å². The zero-order valence-electron chi connectivity index (χ0n) is 13.4. The molecule has 0 aliphatic carbocycles. The maximum Gasteiger partial charge on any atom is 0.251 e. The highest BCUT2D eigenvalue weighted by Crippen LogP contribution is 2.24. The minimum atomic E-state index is -0.315. The van der Waals surface area contributed by atoms with Crippen LogP contribution in [0.25, 0.3) is 11.0 Å². The number of methoxy groups -OCH3 is 1. The number of halogens is 1. The fourth-order valence-electron chi connectivity index (χ4n) is 2.52. The maximum absolute atomic E-state index is 12.4. The normalized spacial score (nSPS) is 12.3. The van der Waals surface area contributed by atoms with Crippen LogP contribution in [0.4, 0.5) is 0 Å². The summed E-state index contributed by atoms with van der Waals surface area (Å²) in [6.07, 6.45) is -0.315. The van der Waals surface area contributed by atoms with E-state index in [1.165, 1.54) is 0 Å². The van der Waals surface area contributed by atoms with Crippen molar-refractivity contribution in [1.82, 2.24) is 20.3 Å². The van der Waals surface area contributed by atoms with Gasteiger partial charge in [0.1, 0.15) is 11.6 Å². The lowest BCUT2D eigenvalue weighted by molar-refractivity contribution is 0.0828. The Balaban J connectivity index is 1.73. The van der Waals surface area contributed by atoms with Gasteiger partial charge in [0, 0.05) is 36.9 Å². The first kappa shape index (κ1) is 16.4. The summed E-state index contributed by atoms with van der Waals surface area (Å²) in [5.74, 6) is -0.188. The van der Waals surface area contributed by atoms with Gasteiger partial charge >= 0.3 is 0 Å². The number of aryl methyl sites for hydroxylation is 1. The average Bonchev–Trinajstić information content (AvgIpc) is 2.97. The van der Waals surface area contributed by atoms with Crippen molar-refractivity contribution in [1.29, 1.82) is 0 Å². The predicted molar refractivity (Wildman–Crippen MR) is 92.0 cm³/mol. The molecular weight excluding hydrogens is 328 g/mol. The number of nitrogens with one attached hydrogen (secondary N) is 1.